The molecule has 0 aliphatic heterocycles. The van der Waals surface area contributed by atoms with Crippen LogP contribution in [0, 0.1) is 0 Å². The topological polar surface area (TPSA) is 25.8 Å². The lowest BCUT2D eigenvalue weighted by molar-refractivity contribution is 1.20. The molecule has 0 atom stereocenters. The zero-order valence-electron chi connectivity index (χ0n) is 12.3. The van der Waals surface area contributed by atoms with Crippen LogP contribution in [0.4, 0.5) is 0 Å². The van der Waals surface area contributed by atoms with Crippen molar-refractivity contribution in [1.82, 2.24) is 9.97 Å². The lowest BCUT2D eigenvalue weighted by Gasteiger charge is -2.10. The zero-order chi connectivity index (χ0) is 15.5. The van der Waals surface area contributed by atoms with E-state index in [2.05, 4.69) is 11.6 Å². The number of benzene rings is 2. The number of hydrogen-bond donors (Lipinski definition) is 0. The lowest BCUT2D eigenvalue weighted by Crippen LogP contribution is -1.97. The highest BCUT2D eigenvalue weighted by Crippen LogP contribution is 2.28. The Balaban J connectivity index is 2.34. The van der Waals surface area contributed by atoms with Crippen LogP contribution in [0.5, 0.6) is 0 Å². The van der Waals surface area contributed by atoms with Crippen LogP contribution in [-0.2, 0) is 0 Å². The maximum absolute atomic E-state index is 6.14. The molecule has 0 aliphatic rings. The van der Waals surface area contributed by atoms with Crippen LogP contribution < -0.4 is 0 Å². The molecule has 0 radical (unpaired) electrons. The van der Waals surface area contributed by atoms with E-state index in [4.69, 9.17) is 16.6 Å². The summed E-state index contributed by atoms with van der Waals surface area (Å²) in [5, 5.41) is 1.60. The molecular formula is C19H15ClN2. The second-order valence-electron chi connectivity index (χ2n) is 4.87. The Morgan fingerprint density at radius 1 is 1.09 bits per heavy atom. The van der Waals surface area contributed by atoms with E-state index in [1.54, 1.807) is 6.08 Å². The molecule has 0 fully saturated rings. The second-order valence-corrected chi connectivity index (χ2v) is 5.31. The van der Waals surface area contributed by atoms with Gasteiger partial charge in [0, 0.05) is 16.0 Å². The molecule has 3 rings (SSSR count). The van der Waals surface area contributed by atoms with Crippen LogP contribution in [0.15, 0.2) is 67.3 Å². The van der Waals surface area contributed by atoms with Crippen molar-refractivity contribution >= 4 is 28.1 Å². The molecule has 0 saturated carbocycles. The second kappa shape index (κ2) is 6.12. The summed E-state index contributed by atoms with van der Waals surface area (Å²) >= 11 is 6.14. The van der Waals surface area contributed by atoms with Gasteiger partial charge >= 0.3 is 0 Å². The summed E-state index contributed by atoms with van der Waals surface area (Å²) in [6, 6.07) is 15.6. The third-order valence-electron chi connectivity index (χ3n) is 3.49. The van der Waals surface area contributed by atoms with Crippen molar-refractivity contribution in [1.29, 1.82) is 0 Å². The Kier molecular flexibility index (Phi) is 4.03. The van der Waals surface area contributed by atoms with Crippen molar-refractivity contribution in [2.75, 3.05) is 0 Å². The van der Waals surface area contributed by atoms with Gasteiger partial charge in [-0.1, -0.05) is 60.7 Å². The number of halogens is 1. The maximum atomic E-state index is 6.14. The van der Waals surface area contributed by atoms with Crippen molar-refractivity contribution in [3.63, 3.8) is 0 Å². The van der Waals surface area contributed by atoms with Crippen molar-refractivity contribution in [2.45, 2.75) is 6.92 Å². The Morgan fingerprint density at radius 3 is 2.55 bits per heavy atom. The summed E-state index contributed by atoms with van der Waals surface area (Å²) < 4.78 is 0. The van der Waals surface area contributed by atoms with Gasteiger partial charge in [-0.25, -0.2) is 9.97 Å². The minimum Gasteiger partial charge on any atom is -0.228 e. The summed E-state index contributed by atoms with van der Waals surface area (Å²) in [4.78, 5) is 9.41. The Morgan fingerprint density at radius 2 is 1.86 bits per heavy atom. The van der Waals surface area contributed by atoms with Crippen LogP contribution >= 0.6 is 11.6 Å². The minimum atomic E-state index is 0.671. The largest absolute Gasteiger partial charge is 0.228 e. The highest BCUT2D eigenvalue weighted by Gasteiger charge is 2.11. The molecule has 0 spiro atoms. The maximum Gasteiger partial charge on any atom is 0.160 e. The molecule has 108 valence electrons. The Labute approximate surface area is 134 Å². The third kappa shape index (κ3) is 2.66. The quantitative estimate of drug-likeness (QED) is 0.594. The number of hydrogen-bond acceptors (Lipinski definition) is 2. The van der Waals surface area contributed by atoms with Crippen molar-refractivity contribution in [3.8, 4) is 11.4 Å². The van der Waals surface area contributed by atoms with E-state index >= 15 is 0 Å². The molecule has 0 bridgehead atoms. The molecule has 0 N–H and O–H groups in total. The predicted octanol–water partition coefficient (Wildman–Crippen LogP) is 5.54. The fourth-order valence-electron chi connectivity index (χ4n) is 2.39. The van der Waals surface area contributed by atoms with Gasteiger partial charge in [-0.15, -0.1) is 0 Å². The highest BCUT2D eigenvalue weighted by molar-refractivity contribution is 6.31. The van der Waals surface area contributed by atoms with Gasteiger partial charge in [0.05, 0.1) is 11.2 Å². The normalized spacial score (nSPS) is 11.6. The van der Waals surface area contributed by atoms with Crippen molar-refractivity contribution in [3.05, 3.63) is 78.0 Å². The Bertz CT molecular complexity index is 867. The number of aromatic nitrogens is 2. The van der Waals surface area contributed by atoms with Gasteiger partial charge in [-0.3, -0.25) is 0 Å². The van der Waals surface area contributed by atoms with Gasteiger partial charge in [-0.2, -0.15) is 0 Å². The molecule has 0 amide bonds. The molecule has 3 heteroatoms. The Hall–Kier alpha value is -2.45. The van der Waals surface area contributed by atoms with Crippen LogP contribution in [-0.4, -0.2) is 9.97 Å². The van der Waals surface area contributed by atoms with E-state index in [-0.39, 0.29) is 0 Å². The van der Waals surface area contributed by atoms with E-state index < -0.39 is 0 Å². The predicted molar refractivity (Wildman–Crippen MR) is 93.8 cm³/mol. The van der Waals surface area contributed by atoms with E-state index in [0.717, 1.165) is 27.7 Å². The first-order valence-electron chi connectivity index (χ1n) is 7.05. The number of nitrogens with zero attached hydrogens (tertiary/aromatic N) is 2. The molecular weight excluding hydrogens is 292 g/mol. The van der Waals surface area contributed by atoms with Crippen LogP contribution in [0.2, 0.25) is 5.02 Å². The van der Waals surface area contributed by atoms with Gasteiger partial charge in [0.15, 0.2) is 5.82 Å². The van der Waals surface area contributed by atoms with Crippen molar-refractivity contribution in [2.24, 2.45) is 0 Å². The van der Waals surface area contributed by atoms with Crippen molar-refractivity contribution < 1.29 is 0 Å². The molecule has 0 aliphatic carbocycles. The SMILES string of the molecule is C=C/C(=C\C)c1nc(-c2ccccc2)nc2ccc(Cl)cc12. The first-order chi connectivity index (χ1) is 10.7. The van der Waals surface area contributed by atoms with Crippen LogP contribution in [0.3, 0.4) is 0 Å². The van der Waals surface area contributed by atoms with Gasteiger partial charge < -0.3 is 0 Å². The third-order valence-corrected chi connectivity index (χ3v) is 3.73. The average Bonchev–Trinajstić information content (AvgIpc) is 2.57. The summed E-state index contributed by atoms with van der Waals surface area (Å²) in [6.45, 7) is 5.85. The number of fused-ring (bicyclic) bond motifs is 1. The average molecular weight is 307 g/mol. The monoisotopic (exact) mass is 306 g/mol. The molecule has 1 heterocycles. The van der Waals surface area contributed by atoms with Crippen LogP contribution in [0.1, 0.15) is 12.6 Å². The molecule has 0 saturated heterocycles. The van der Waals surface area contributed by atoms with E-state index in [9.17, 15) is 0 Å². The van der Waals surface area contributed by atoms with Gasteiger partial charge in [0.2, 0.25) is 0 Å². The van der Waals surface area contributed by atoms with Crippen LogP contribution in [0.25, 0.3) is 27.9 Å². The molecule has 2 nitrogen and oxygen atoms in total. The molecule has 1 aromatic heterocycles. The fraction of sp³-hybridized carbons (Fsp3) is 0.0526. The first kappa shape index (κ1) is 14.5. The standard InChI is InChI=1S/C19H15ClN2/c1-3-13(4-2)18-16-12-15(20)10-11-17(16)21-19(22-18)14-8-6-5-7-9-14/h3-12H,1H2,2H3/b13-4+. The molecule has 0 unspecified atom stereocenters. The fourth-order valence-corrected chi connectivity index (χ4v) is 2.56. The highest BCUT2D eigenvalue weighted by atomic mass is 35.5. The number of allylic oxidation sites excluding steroid dienone is 3. The van der Waals surface area contributed by atoms with Gasteiger partial charge in [0.1, 0.15) is 0 Å². The van der Waals surface area contributed by atoms with Gasteiger partial charge in [0.25, 0.3) is 0 Å². The molecule has 3 aromatic rings. The smallest absolute Gasteiger partial charge is 0.160 e. The van der Waals surface area contributed by atoms with Gasteiger partial charge in [-0.05, 0) is 30.7 Å². The first-order valence-corrected chi connectivity index (χ1v) is 7.42. The summed E-state index contributed by atoms with van der Waals surface area (Å²) in [6.07, 6.45) is 3.79. The summed E-state index contributed by atoms with van der Waals surface area (Å²) in [5.74, 6) is 0.701. The lowest BCUT2D eigenvalue weighted by atomic mass is 10.1. The van der Waals surface area contributed by atoms with E-state index in [1.807, 2.05) is 61.5 Å². The summed E-state index contributed by atoms with van der Waals surface area (Å²) in [7, 11) is 0. The van der Waals surface area contributed by atoms with E-state index in [0.29, 0.717) is 10.8 Å². The number of rotatable bonds is 3. The minimum absolute atomic E-state index is 0.671. The summed E-state index contributed by atoms with van der Waals surface area (Å²) in [5.41, 5.74) is 3.67. The molecule has 22 heavy (non-hydrogen) atoms. The van der Waals surface area contributed by atoms with E-state index in [1.165, 1.54) is 0 Å². The zero-order valence-corrected chi connectivity index (χ0v) is 13.0. The molecule has 2 aromatic carbocycles.